The summed E-state index contributed by atoms with van der Waals surface area (Å²) in [5, 5.41) is 24.4. The van der Waals surface area contributed by atoms with Gasteiger partial charge in [0.05, 0.1) is 47.7 Å². The molecule has 13 nitrogen and oxygen atoms in total. The first kappa shape index (κ1) is 30.7. The number of nitrogens with one attached hydrogen (secondary N) is 3. The van der Waals surface area contributed by atoms with E-state index < -0.39 is 16.1 Å². The van der Waals surface area contributed by atoms with Gasteiger partial charge in [-0.15, -0.1) is 0 Å². The number of piperidine rings is 1. The molecule has 15 heteroatoms. The number of nitrogens with zero attached hydrogens (tertiary/aromatic N) is 6. The first-order chi connectivity index (χ1) is 20.6. The van der Waals surface area contributed by atoms with Gasteiger partial charge in [-0.05, 0) is 49.8 Å². The third kappa shape index (κ3) is 7.61. The van der Waals surface area contributed by atoms with Crippen LogP contribution in [-0.2, 0) is 21.3 Å². The third-order valence-corrected chi connectivity index (χ3v) is 9.42. The van der Waals surface area contributed by atoms with Crippen molar-refractivity contribution in [3.8, 4) is 23.0 Å². The molecule has 2 atom stereocenters. The summed E-state index contributed by atoms with van der Waals surface area (Å²) in [6.07, 6.45) is 9.63. The molecule has 3 aromatic rings. The van der Waals surface area contributed by atoms with Gasteiger partial charge in [0, 0.05) is 49.5 Å². The highest BCUT2D eigenvalue weighted by atomic mass is 35.5. The summed E-state index contributed by atoms with van der Waals surface area (Å²) in [5.74, 6) is 0.365. The Hall–Kier alpha value is -3.77. The van der Waals surface area contributed by atoms with Crippen LogP contribution in [0.5, 0.6) is 0 Å². The van der Waals surface area contributed by atoms with Crippen LogP contribution in [0.1, 0.15) is 43.2 Å². The second-order valence-corrected chi connectivity index (χ2v) is 13.2. The van der Waals surface area contributed by atoms with Crippen molar-refractivity contribution in [1.82, 2.24) is 34.7 Å². The number of halogens is 1. The number of hydrogen-bond donors (Lipinski definition) is 3. The van der Waals surface area contributed by atoms with Crippen LogP contribution in [0.15, 0.2) is 36.8 Å². The maximum atomic E-state index is 11.8. The van der Waals surface area contributed by atoms with Crippen molar-refractivity contribution in [3.05, 3.63) is 52.9 Å². The predicted octanol–water partition coefficient (Wildman–Crippen LogP) is 3.06. The molecule has 3 N–H and O–H groups in total. The van der Waals surface area contributed by atoms with Crippen LogP contribution in [0.4, 0.5) is 10.7 Å². The Morgan fingerprint density at radius 2 is 1.93 bits per heavy atom. The molecule has 5 rings (SSSR count). The van der Waals surface area contributed by atoms with E-state index in [0.29, 0.717) is 66.0 Å². The standard InChI is InChI=1S/C28H34ClN9O4S/c1-42-28(39)35-23-5-4-22(12-23)31-14-18-3-6-25(24(29)11-18)38-17-20(16-33-38)26-19(13-30)15-32-27(36-26)34-21-7-9-37(10-8-21)43(2,40)41/h3,6,11,15-17,21-23,31H,4-5,7-10,12,14H2,1-2H3,(H,35,39)(H,32,34,36)/t22-,23-/m1/s1. The van der Waals surface area contributed by atoms with E-state index in [4.69, 9.17) is 11.6 Å². The Labute approximate surface area is 255 Å². The minimum Gasteiger partial charge on any atom is -0.453 e. The van der Waals surface area contributed by atoms with E-state index in [1.165, 1.54) is 23.9 Å². The fourth-order valence-corrected chi connectivity index (χ4v) is 6.64. The average Bonchev–Trinajstić information content (AvgIpc) is 3.66. The molecule has 2 fully saturated rings. The molecule has 0 spiro atoms. The molecular formula is C28H34ClN9O4S. The topological polar surface area (TPSA) is 167 Å². The summed E-state index contributed by atoms with van der Waals surface area (Å²) in [5.41, 5.74) is 3.08. The van der Waals surface area contributed by atoms with Crippen LogP contribution in [0, 0.1) is 11.3 Å². The van der Waals surface area contributed by atoms with Gasteiger partial charge in [-0.3, -0.25) is 0 Å². The van der Waals surface area contributed by atoms with Gasteiger partial charge < -0.3 is 20.7 Å². The van der Waals surface area contributed by atoms with Crippen molar-refractivity contribution >= 4 is 33.7 Å². The van der Waals surface area contributed by atoms with Crippen molar-refractivity contribution < 1.29 is 17.9 Å². The van der Waals surface area contributed by atoms with E-state index in [1.54, 1.807) is 17.1 Å². The summed E-state index contributed by atoms with van der Waals surface area (Å²) in [6.45, 7) is 1.49. The van der Waals surface area contributed by atoms with Gasteiger partial charge in [0.1, 0.15) is 6.07 Å². The number of aromatic nitrogens is 4. The van der Waals surface area contributed by atoms with E-state index >= 15 is 0 Å². The summed E-state index contributed by atoms with van der Waals surface area (Å²) in [4.78, 5) is 20.4. The van der Waals surface area contributed by atoms with Gasteiger partial charge >= 0.3 is 6.09 Å². The quantitative estimate of drug-likeness (QED) is 0.321. The number of ether oxygens (including phenoxy) is 1. The number of carbonyl (C=O) groups is 1. The van der Waals surface area contributed by atoms with Gasteiger partial charge in [0.15, 0.2) is 0 Å². The van der Waals surface area contributed by atoms with Crippen LogP contribution in [-0.4, -0.2) is 83.1 Å². The molecule has 228 valence electrons. The first-order valence-corrected chi connectivity index (χ1v) is 16.3. The summed E-state index contributed by atoms with van der Waals surface area (Å²) in [6, 6.07) is 8.33. The van der Waals surface area contributed by atoms with Crippen LogP contribution in [0.25, 0.3) is 16.9 Å². The number of amides is 1. The molecular weight excluding hydrogens is 594 g/mol. The fourth-order valence-electron chi connectivity index (χ4n) is 5.48. The van der Waals surface area contributed by atoms with Gasteiger partial charge in [-0.1, -0.05) is 17.7 Å². The number of hydrogen-bond acceptors (Lipinski definition) is 10. The first-order valence-electron chi connectivity index (χ1n) is 14.0. The number of benzene rings is 1. The number of anilines is 1. The summed E-state index contributed by atoms with van der Waals surface area (Å²) >= 11 is 6.66. The number of carbonyl (C=O) groups excluding carboxylic acids is 1. The molecule has 1 amide bonds. The maximum Gasteiger partial charge on any atom is 0.407 e. The minimum absolute atomic E-state index is 0.0138. The normalized spacial score (nSPS) is 19.6. The average molecular weight is 628 g/mol. The van der Waals surface area contributed by atoms with Crippen molar-refractivity contribution in [2.75, 3.05) is 31.8 Å². The molecule has 0 radical (unpaired) electrons. The number of sulfonamides is 1. The monoisotopic (exact) mass is 627 g/mol. The Kier molecular flexibility index (Phi) is 9.46. The molecule has 1 saturated heterocycles. The van der Waals surface area contributed by atoms with E-state index in [2.05, 4.69) is 41.8 Å². The van der Waals surface area contributed by atoms with Gasteiger partial charge in [0.25, 0.3) is 0 Å². The SMILES string of the molecule is COC(=O)N[C@@H]1CC[C@@H](NCc2ccc(-n3cc(-c4nc(NC5CCN(S(C)(=O)=O)CC5)ncc4C#N)cn3)c(Cl)c2)C1. The molecule has 0 unspecified atom stereocenters. The molecule has 3 heterocycles. The Bertz CT molecular complexity index is 1620. The van der Waals surface area contributed by atoms with E-state index in [0.717, 1.165) is 24.8 Å². The van der Waals surface area contributed by atoms with E-state index in [1.807, 2.05) is 18.2 Å². The molecule has 2 aromatic heterocycles. The van der Waals surface area contributed by atoms with Gasteiger partial charge in [-0.2, -0.15) is 10.4 Å². The Morgan fingerprint density at radius 3 is 2.63 bits per heavy atom. The lowest BCUT2D eigenvalue weighted by atomic mass is 10.1. The second-order valence-electron chi connectivity index (χ2n) is 10.8. The molecule has 2 aliphatic rings. The van der Waals surface area contributed by atoms with Crippen molar-refractivity contribution in [2.45, 2.75) is 56.8 Å². The number of nitriles is 1. The molecule has 1 aliphatic heterocycles. The van der Waals surface area contributed by atoms with Crippen molar-refractivity contribution in [2.24, 2.45) is 0 Å². The minimum atomic E-state index is -3.21. The lowest BCUT2D eigenvalue weighted by molar-refractivity contribution is 0.166. The maximum absolute atomic E-state index is 11.8. The van der Waals surface area contributed by atoms with E-state index in [9.17, 15) is 18.5 Å². The van der Waals surface area contributed by atoms with Crippen LogP contribution >= 0.6 is 11.6 Å². The number of rotatable bonds is 9. The van der Waals surface area contributed by atoms with Gasteiger partial charge in [0.2, 0.25) is 16.0 Å². The summed E-state index contributed by atoms with van der Waals surface area (Å²) in [7, 11) is -1.85. The zero-order chi connectivity index (χ0) is 30.6. The van der Waals surface area contributed by atoms with Crippen LogP contribution in [0.2, 0.25) is 5.02 Å². The van der Waals surface area contributed by atoms with Crippen LogP contribution < -0.4 is 16.0 Å². The zero-order valence-electron chi connectivity index (χ0n) is 24.0. The highest BCUT2D eigenvalue weighted by molar-refractivity contribution is 7.88. The number of alkyl carbamates (subject to hydrolysis) is 1. The second kappa shape index (κ2) is 13.3. The number of methoxy groups -OCH3 is 1. The smallest absolute Gasteiger partial charge is 0.407 e. The van der Waals surface area contributed by atoms with Crippen molar-refractivity contribution in [3.63, 3.8) is 0 Å². The third-order valence-electron chi connectivity index (χ3n) is 7.82. The molecule has 1 aromatic carbocycles. The zero-order valence-corrected chi connectivity index (χ0v) is 25.5. The lowest BCUT2D eigenvalue weighted by Gasteiger charge is -2.30. The largest absolute Gasteiger partial charge is 0.453 e. The summed E-state index contributed by atoms with van der Waals surface area (Å²) < 4.78 is 31.4. The lowest BCUT2D eigenvalue weighted by Crippen LogP contribution is -2.42. The molecule has 1 saturated carbocycles. The van der Waals surface area contributed by atoms with Gasteiger partial charge in [-0.25, -0.2) is 32.2 Å². The Morgan fingerprint density at radius 1 is 1.16 bits per heavy atom. The molecule has 0 bridgehead atoms. The highest BCUT2D eigenvalue weighted by Gasteiger charge is 2.27. The van der Waals surface area contributed by atoms with E-state index in [-0.39, 0.29) is 18.1 Å². The van der Waals surface area contributed by atoms with Crippen molar-refractivity contribution in [1.29, 1.82) is 5.26 Å². The molecule has 43 heavy (non-hydrogen) atoms. The highest BCUT2D eigenvalue weighted by Crippen LogP contribution is 2.27. The fraction of sp³-hybridized carbons (Fsp3) is 0.464. The van der Waals surface area contributed by atoms with Crippen LogP contribution in [0.3, 0.4) is 0 Å². The predicted molar refractivity (Wildman–Crippen MR) is 161 cm³/mol. The Balaban J connectivity index is 1.23. The molecule has 1 aliphatic carbocycles.